The number of rotatable bonds is 8. The van der Waals surface area contributed by atoms with E-state index in [9.17, 15) is 14.4 Å². The Balaban J connectivity index is 2.28. The fourth-order valence-corrected chi connectivity index (χ4v) is 1.90. The van der Waals surface area contributed by atoms with Crippen LogP contribution in [0.5, 0.6) is 0 Å². The van der Waals surface area contributed by atoms with Crippen molar-refractivity contribution in [1.29, 1.82) is 0 Å². The SMILES string of the molecule is CC(C)[C@H](NC(=O)CCCNC(=O)c1ccccc1)C(=O)O. The molecule has 0 saturated heterocycles. The third-order valence-corrected chi connectivity index (χ3v) is 3.15. The lowest BCUT2D eigenvalue weighted by Crippen LogP contribution is -2.44. The Hall–Kier alpha value is -2.37. The highest BCUT2D eigenvalue weighted by atomic mass is 16.4. The first kappa shape index (κ1) is 17.7. The van der Waals surface area contributed by atoms with E-state index in [0.717, 1.165) is 0 Å². The molecule has 6 heteroatoms. The first-order chi connectivity index (χ1) is 10.4. The minimum absolute atomic E-state index is 0.172. The molecule has 0 aromatic heterocycles. The number of nitrogens with one attached hydrogen (secondary N) is 2. The quantitative estimate of drug-likeness (QED) is 0.633. The second-order valence-electron chi connectivity index (χ2n) is 5.35. The molecule has 1 aromatic rings. The summed E-state index contributed by atoms with van der Waals surface area (Å²) in [4.78, 5) is 34.4. The molecule has 120 valence electrons. The molecule has 0 aliphatic heterocycles. The van der Waals surface area contributed by atoms with Gasteiger partial charge in [0, 0.05) is 18.5 Å². The molecule has 1 atom stereocenters. The Bertz CT molecular complexity index is 514. The van der Waals surface area contributed by atoms with Crippen LogP contribution in [0.3, 0.4) is 0 Å². The van der Waals surface area contributed by atoms with Crippen molar-refractivity contribution in [2.75, 3.05) is 6.54 Å². The number of carbonyl (C=O) groups excluding carboxylic acids is 2. The van der Waals surface area contributed by atoms with Gasteiger partial charge in [-0.3, -0.25) is 9.59 Å². The number of hydrogen-bond acceptors (Lipinski definition) is 3. The van der Waals surface area contributed by atoms with E-state index >= 15 is 0 Å². The summed E-state index contributed by atoms with van der Waals surface area (Å²) in [6, 6.07) is 7.92. The Morgan fingerprint density at radius 3 is 2.32 bits per heavy atom. The molecule has 0 fully saturated rings. The normalized spacial score (nSPS) is 11.8. The zero-order valence-electron chi connectivity index (χ0n) is 12.8. The number of carboxylic acids is 1. The Kier molecular flexibility index (Phi) is 7.08. The number of aliphatic carboxylic acids is 1. The molecule has 3 N–H and O–H groups in total. The zero-order chi connectivity index (χ0) is 16.5. The molecule has 0 saturated carbocycles. The van der Waals surface area contributed by atoms with E-state index in [0.29, 0.717) is 18.5 Å². The van der Waals surface area contributed by atoms with Gasteiger partial charge in [-0.2, -0.15) is 0 Å². The summed E-state index contributed by atoms with van der Waals surface area (Å²) >= 11 is 0. The summed E-state index contributed by atoms with van der Waals surface area (Å²) in [5, 5.41) is 14.2. The maximum atomic E-state index is 11.8. The Morgan fingerprint density at radius 1 is 1.14 bits per heavy atom. The van der Waals surface area contributed by atoms with Crippen molar-refractivity contribution in [3.05, 3.63) is 35.9 Å². The molecule has 0 bridgehead atoms. The topological polar surface area (TPSA) is 95.5 Å². The number of hydrogen-bond donors (Lipinski definition) is 3. The largest absolute Gasteiger partial charge is 0.480 e. The molecule has 0 unspecified atom stereocenters. The van der Waals surface area contributed by atoms with Crippen molar-refractivity contribution < 1.29 is 19.5 Å². The van der Waals surface area contributed by atoms with E-state index in [1.165, 1.54) is 0 Å². The highest BCUT2D eigenvalue weighted by molar-refractivity contribution is 5.94. The van der Waals surface area contributed by atoms with Gasteiger partial charge < -0.3 is 15.7 Å². The smallest absolute Gasteiger partial charge is 0.326 e. The summed E-state index contributed by atoms with van der Waals surface area (Å²) < 4.78 is 0. The van der Waals surface area contributed by atoms with E-state index in [-0.39, 0.29) is 24.2 Å². The summed E-state index contributed by atoms with van der Waals surface area (Å²) in [5.74, 6) is -1.73. The van der Waals surface area contributed by atoms with Crippen molar-refractivity contribution in [3.8, 4) is 0 Å². The van der Waals surface area contributed by atoms with Gasteiger partial charge in [0.1, 0.15) is 6.04 Å². The van der Waals surface area contributed by atoms with Gasteiger partial charge in [0.2, 0.25) is 5.91 Å². The average molecular weight is 306 g/mol. The second-order valence-corrected chi connectivity index (χ2v) is 5.35. The lowest BCUT2D eigenvalue weighted by molar-refractivity contribution is -0.143. The predicted octanol–water partition coefficient (Wildman–Crippen LogP) is 1.42. The van der Waals surface area contributed by atoms with Crippen molar-refractivity contribution in [3.63, 3.8) is 0 Å². The van der Waals surface area contributed by atoms with Crippen LogP contribution in [-0.4, -0.2) is 35.5 Å². The van der Waals surface area contributed by atoms with Gasteiger partial charge in [-0.25, -0.2) is 4.79 Å². The van der Waals surface area contributed by atoms with Gasteiger partial charge in [0.15, 0.2) is 0 Å². The van der Waals surface area contributed by atoms with E-state index < -0.39 is 12.0 Å². The highest BCUT2D eigenvalue weighted by Crippen LogP contribution is 2.03. The average Bonchev–Trinajstić information content (AvgIpc) is 2.49. The third-order valence-electron chi connectivity index (χ3n) is 3.15. The van der Waals surface area contributed by atoms with Crippen LogP contribution >= 0.6 is 0 Å². The van der Waals surface area contributed by atoms with Crippen LogP contribution in [0.15, 0.2) is 30.3 Å². The van der Waals surface area contributed by atoms with Crippen molar-refractivity contribution in [1.82, 2.24) is 10.6 Å². The van der Waals surface area contributed by atoms with E-state index in [2.05, 4.69) is 10.6 Å². The first-order valence-electron chi connectivity index (χ1n) is 7.27. The minimum Gasteiger partial charge on any atom is -0.480 e. The minimum atomic E-state index is -1.04. The van der Waals surface area contributed by atoms with Crippen LogP contribution in [0.4, 0.5) is 0 Å². The third kappa shape index (κ3) is 5.95. The number of carboxylic acid groups (broad SMARTS) is 1. The maximum absolute atomic E-state index is 11.8. The molecule has 0 aliphatic rings. The fraction of sp³-hybridized carbons (Fsp3) is 0.438. The molecule has 0 heterocycles. The van der Waals surface area contributed by atoms with Crippen LogP contribution in [0.25, 0.3) is 0 Å². The molecule has 2 amide bonds. The van der Waals surface area contributed by atoms with Gasteiger partial charge >= 0.3 is 5.97 Å². The summed E-state index contributed by atoms with van der Waals surface area (Å²) in [6.45, 7) is 3.83. The van der Waals surface area contributed by atoms with Gasteiger partial charge in [0.25, 0.3) is 5.91 Å². The number of carbonyl (C=O) groups is 3. The van der Waals surface area contributed by atoms with Gasteiger partial charge in [-0.15, -0.1) is 0 Å². The van der Waals surface area contributed by atoms with E-state index in [1.807, 2.05) is 6.07 Å². The summed E-state index contributed by atoms with van der Waals surface area (Å²) in [6.07, 6.45) is 0.625. The van der Waals surface area contributed by atoms with E-state index in [1.54, 1.807) is 38.1 Å². The number of amides is 2. The monoisotopic (exact) mass is 306 g/mol. The van der Waals surface area contributed by atoms with Crippen LogP contribution in [0.1, 0.15) is 37.0 Å². The molecular weight excluding hydrogens is 284 g/mol. The van der Waals surface area contributed by atoms with Gasteiger partial charge in [-0.1, -0.05) is 32.0 Å². The Morgan fingerprint density at radius 2 is 1.77 bits per heavy atom. The fourth-order valence-electron chi connectivity index (χ4n) is 1.90. The predicted molar refractivity (Wildman–Crippen MR) is 82.4 cm³/mol. The van der Waals surface area contributed by atoms with Crippen LogP contribution in [-0.2, 0) is 9.59 Å². The maximum Gasteiger partial charge on any atom is 0.326 e. The van der Waals surface area contributed by atoms with Gasteiger partial charge in [-0.05, 0) is 24.5 Å². The van der Waals surface area contributed by atoms with Crippen molar-refractivity contribution in [2.24, 2.45) is 5.92 Å². The Labute approximate surface area is 129 Å². The van der Waals surface area contributed by atoms with Crippen LogP contribution in [0.2, 0.25) is 0 Å². The second kappa shape index (κ2) is 8.81. The standard InChI is InChI=1S/C16H22N2O4/c1-11(2)14(16(21)22)18-13(19)9-6-10-17-15(20)12-7-4-3-5-8-12/h3-5,7-8,11,14H,6,9-10H2,1-2H3,(H,17,20)(H,18,19)(H,21,22)/t14-/m0/s1. The lowest BCUT2D eigenvalue weighted by Gasteiger charge is -2.17. The molecule has 1 aromatic carbocycles. The molecule has 22 heavy (non-hydrogen) atoms. The molecule has 0 aliphatic carbocycles. The van der Waals surface area contributed by atoms with Crippen LogP contribution in [0, 0.1) is 5.92 Å². The molecule has 0 spiro atoms. The lowest BCUT2D eigenvalue weighted by atomic mass is 10.0. The molecule has 0 radical (unpaired) electrons. The summed E-state index contributed by atoms with van der Waals surface area (Å²) in [5.41, 5.74) is 0.567. The first-order valence-corrected chi connectivity index (χ1v) is 7.27. The summed E-state index contributed by atoms with van der Waals surface area (Å²) in [7, 11) is 0. The highest BCUT2D eigenvalue weighted by Gasteiger charge is 2.22. The van der Waals surface area contributed by atoms with E-state index in [4.69, 9.17) is 5.11 Å². The molecular formula is C16H22N2O4. The van der Waals surface area contributed by atoms with Gasteiger partial charge in [0.05, 0.1) is 0 Å². The van der Waals surface area contributed by atoms with Crippen LogP contribution < -0.4 is 10.6 Å². The van der Waals surface area contributed by atoms with Crippen molar-refractivity contribution in [2.45, 2.75) is 32.7 Å². The molecule has 6 nitrogen and oxygen atoms in total. The van der Waals surface area contributed by atoms with Crippen molar-refractivity contribution >= 4 is 17.8 Å². The zero-order valence-corrected chi connectivity index (χ0v) is 12.8. The number of benzene rings is 1. The molecule has 1 rings (SSSR count).